The highest BCUT2D eigenvalue weighted by Gasteiger charge is 2.30. The van der Waals surface area contributed by atoms with Crippen LogP contribution in [0.2, 0.25) is 0 Å². The maximum Gasteiger partial charge on any atom is 0.391 e. The third kappa shape index (κ3) is 4.46. The molecule has 1 N–H and O–H groups in total. The smallest absolute Gasteiger partial charge is 0.382 e. The quantitative estimate of drug-likeness (QED) is 0.674. The van der Waals surface area contributed by atoms with Gasteiger partial charge in [0.05, 0.1) is 11.3 Å². The van der Waals surface area contributed by atoms with Gasteiger partial charge in [-0.05, 0) is 19.1 Å². The SMILES string of the molecule is CC(CC(F)(F)F)Nc1ccc(C#N)c([N+](=O)[O-])c1. The molecule has 0 aliphatic carbocycles. The zero-order valence-electron chi connectivity index (χ0n) is 9.86. The third-order valence-corrected chi connectivity index (χ3v) is 2.27. The average Bonchev–Trinajstić information content (AvgIpc) is 2.26. The highest BCUT2D eigenvalue weighted by atomic mass is 19.4. The summed E-state index contributed by atoms with van der Waals surface area (Å²) in [5.74, 6) is 0. The van der Waals surface area contributed by atoms with Crippen LogP contribution in [0.15, 0.2) is 18.2 Å². The second-order valence-electron chi connectivity index (χ2n) is 3.97. The van der Waals surface area contributed by atoms with Crippen LogP contribution in [0.4, 0.5) is 24.5 Å². The topological polar surface area (TPSA) is 79.0 Å². The lowest BCUT2D eigenvalue weighted by Gasteiger charge is -2.16. The largest absolute Gasteiger partial charge is 0.391 e. The molecular formula is C11H10F3N3O2. The lowest BCUT2D eigenvalue weighted by molar-refractivity contribution is -0.385. The lowest BCUT2D eigenvalue weighted by Crippen LogP contribution is -2.23. The molecular weight excluding hydrogens is 263 g/mol. The molecule has 0 bridgehead atoms. The second kappa shape index (κ2) is 5.56. The molecule has 102 valence electrons. The fraction of sp³-hybridized carbons (Fsp3) is 0.364. The van der Waals surface area contributed by atoms with Crippen molar-refractivity contribution in [2.24, 2.45) is 0 Å². The highest BCUT2D eigenvalue weighted by Crippen LogP contribution is 2.26. The van der Waals surface area contributed by atoms with Crippen LogP contribution in [0, 0.1) is 21.4 Å². The number of anilines is 1. The summed E-state index contributed by atoms with van der Waals surface area (Å²) in [4.78, 5) is 9.94. The van der Waals surface area contributed by atoms with Gasteiger partial charge in [0.1, 0.15) is 11.6 Å². The summed E-state index contributed by atoms with van der Waals surface area (Å²) in [5, 5.41) is 21.9. The first-order chi connectivity index (χ1) is 8.73. The highest BCUT2D eigenvalue weighted by molar-refractivity contribution is 5.59. The minimum atomic E-state index is -4.31. The molecule has 1 rings (SSSR count). The summed E-state index contributed by atoms with van der Waals surface area (Å²) >= 11 is 0. The zero-order valence-corrected chi connectivity index (χ0v) is 9.86. The summed E-state index contributed by atoms with van der Waals surface area (Å²) in [6, 6.07) is 4.30. The van der Waals surface area contributed by atoms with Gasteiger partial charge in [-0.25, -0.2) is 0 Å². The Bertz CT molecular complexity index is 523. The van der Waals surface area contributed by atoms with E-state index >= 15 is 0 Å². The number of rotatable bonds is 4. The number of nitrogens with one attached hydrogen (secondary N) is 1. The van der Waals surface area contributed by atoms with Gasteiger partial charge < -0.3 is 5.32 Å². The van der Waals surface area contributed by atoms with E-state index in [0.717, 1.165) is 6.07 Å². The van der Waals surface area contributed by atoms with Crippen molar-refractivity contribution in [3.05, 3.63) is 33.9 Å². The van der Waals surface area contributed by atoms with E-state index in [0.29, 0.717) is 0 Å². The zero-order chi connectivity index (χ0) is 14.6. The predicted molar refractivity (Wildman–Crippen MR) is 61.6 cm³/mol. The van der Waals surface area contributed by atoms with E-state index < -0.39 is 29.2 Å². The molecule has 1 atom stereocenters. The minimum Gasteiger partial charge on any atom is -0.382 e. The van der Waals surface area contributed by atoms with Gasteiger partial charge in [0.2, 0.25) is 0 Å². The van der Waals surface area contributed by atoms with E-state index in [9.17, 15) is 23.3 Å². The molecule has 19 heavy (non-hydrogen) atoms. The Morgan fingerprint density at radius 3 is 2.63 bits per heavy atom. The number of alkyl halides is 3. The van der Waals surface area contributed by atoms with Crippen molar-refractivity contribution in [2.45, 2.75) is 25.6 Å². The van der Waals surface area contributed by atoms with Crippen LogP contribution in [0.25, 0.3) is 0 Å². The Morgan fingerprint density at radius 2 is 2.16 bits per heavy atom. The fourth-order valence-corrected chi connectivity index (χ4v) is 1.55. The Labute approximate surface area is 106 Å². The van der Waals surface area contributed by atoms with Gasteiger partial charge in [0.15, 0.2) is 0 Å². The van der Waals surface area contributed by atoms with E-state index in [2.05, 4.69) is 5.32 Å². The fourth-order valence-electron chi connectivity index (χ4n) is 1.55. The standard InChI is InChI=1S/C11H10F3N3O2/c1-7(5-11(12,13)14)16-9-3-2-8(6-15)10(4-9)17(18)19/h2-4,7,16H,5H2,1H3. The molecule has 0 aromatic heterocycles. The molecule has 0 saturated heterocycles. The molecule has 0 radical (unpaired) electrons. The van der Waals surface area contributed by atoms with Crippen LogP contribution in [-0.2, 0) is 0 Å². The summed E-state index contributed by atoms with van der Waals surface area (Å²) < 4.78 is 36.4. The summed E-state index contributed by atoms with van der Waals surface area (Å²) in [6.45, 7) is 1.32. The van der Waals surface area contributed by atoms with Crippen LogP contribution >= 0.6 is 0 Å². The monoisotopic (exact) mass is 273 g/mol. The molecule has 0 aliphatic heterocycles. The van der Waals surface area contributed by atoms with Gasteiger partial charge in [0, 0.05) is 17.8 Å². The van der Waals surface area contributed by atoms with E-state index in [-0.39, 0.29) is 11.3 Å². The number of nitriles is 1. The molecule has 0 amide bonds. The van der Waals surface area contributed by atoms with Gasteiger partial charge >= 0.3 is 6.18 Å². The molecule has 0 spiro atoms. The Kier molecular flexibility index (Phi) is 4.32. The Morgan fingerprint density at radius 1 is 1.53 bits per heavy atom. The summed E-state index contributed by atoms with van der Waals surface area (Å²) in [5.41, 5.74) is -0.409. The second-order valence-corrected chi connectivity index (χ2v) is 3.97. The van der Waals surface area contributed by atoms with Crippen LogP contribution < -0.4 is 5.32 Å². The number of halogens is 3. The number of nitro benzene ring substituents is 1. The molecule has 8 heteroatoms. The normalized spacial score (nSPS) is 12.6. The molecule has 1 aromatic carbocycles. The Hall–Kier alpha value is -2.30. The molecule has 1 unspecified atom stereocenters. The number of nitro groups is 1. The predicted octanol–water partition coefficient (Wildman–Crippen LogP) is 3.22. The van der Waals surface area contributed by atoms with Crippen molar-refractivity contribution < 1.29 is 18.1 Å². The first-order valence-corrected chi connectivity index (χ1v) is 5.25. The average molecular weight is 273 g/mol. The molecule has 0 saturated carbocycles. The molecule has 1 aromatic rings. The maximum atomic E-state index is 12.1. The van der Waals surface area contributed by atoms with Gasteiger partial charge in [-0.2, -0.15) is 18.4 Å². The minimum absolute atomic E-state index is 0.140. The van der Waals surface area contributed by atoms with Crippen molar-refractivity contribution in [2.75, 3.05) is 5.32 Å². The van der Waals surface area contributed by atoms with E-state index in [1.807, 2.05) is 0 Å². The van der Waals surface area contributed by atoms with Crippen molar-refractivity contribution in [3.63, 3.8) is 0 Å². The first kappa shape index (κ1) is 14.8. The van der Waals surface area contributed by atoms with E-state index in [1.54, 1.807) is 6.07 Å². The van der Waals surface area contributed by atoms with Gasteiger partial charge in [0.25, 0.3) is 5.69 Å². The van der Waals surface area contributed by atoms with Crippen LogP contribution in [0.1, 0.15) is 18.9 Å². The number of hydrogen-bond acceptors (Lipinski definition) is 4. The van der Waals surface area contributed by atoms with Crippen LogP contribution in [-0.4, -0.2) is 17.1 Å². The van der Waals surface area contributed by atoms with Gasteiger partial charge in [-0.1, -0.05) is 0 Å². The van der Waals surface area contributed by atoms with Crippen molar-refractivity contribution in [3.8, 4) is 6.07 Å². The Balaban J connectivity index is 2.89. The molecule has 0 fully saturated rings. The van der Waals surface area contributed by atoms with E-state index in [4.69, 9.17) is 5.26 Å². The number of nitrogens with zero attached hydrogens (tertiary/aromatic N) is 2. The summed E-state index contributed by atoms with van der Waals surface area (Å²) in [7, 11) is 0. The number of benzene rings is 1. The van der Waals surface area contributed by atoms with Crippen LogP contribution in [0.3, 0.4) is 0 Å². The van der Waals surface area contributed by atoms with Crippen molar-refractivity contribution in [1.29, 1.82) is 5.26 Å². The summed E-state index contributed by atoms with van der Waals surface area (Å²) in [6.07, 6.45) is -5.37. The molecule has 0 heterocycles. The van der Waals surface area contributed by atoms with Gasteiger partial charge in [-0.15, -0.1) is 0 Å². The van der Waals surface area contributed by atoms with Crippen molar-refractivity contribution in [1.82, 2.24) is 0 Å². The maximum absolute atomic E-state index is 12.1. The van der Waals surface area contributed by atoms with Gasteiger partial charge in [-0.3, -0.25) is 10.1 Å². The first-order valence-electron chi connectivity index (χ1n) is 5.25. The number of hydrogen-bond donors (Lipinski definition) is 1. The third-order valence-electron chi connectivity index (χ3n) is 2.27. The lowest BCUT2D eigenvalue weighted by atomic mass is 10.1. The molecule has 5 nitrogen and oxygen atoms in total. The van der Waals surface area contributed by atoms with E-state index in [1.165, 1.54) is 19.1 Å². The van der Waals surface area contributed by atoms with Crippen molar-refractivity contribution >= 4 is 11.4 Å². The van der Waals surface area contributed by atoms with Crippen LogP contribution in [0.5, 0.6) is 0 Å². The molecule has 0 aliphatic rings.